The summed E-state index contributed by atoms with van der Waals surface area (Å²) in [4.78, 5) is 0. The third-order valence-corrected chi connectivity index (χ3v) is 4.65. The monoisotopic (exact) mass is 261 g/mol. The summed E-state index contributed by atoms with van der Waals surface area (Å²) in [7, 11) is 1.92. The Hall–Kier alpha value is -0.220. The van der Waals surface area contributed by atoms with Crippen LogP contribution in [-0.2, 0) is 4.74 Å². The molecule has 1 aliphatic heterocycles. The van der Waals surface area contributed by atoms with Crippen LogP contribution < -0.4 is 5.32 Å². The predicted octanol–water partition coefficient (Wildman–Crippen LogP) is 3.36. The molecule has 1 saturated carbocycles. The Morgan fingerprint density at radius 2 is 2.11 bits per heavy atom. The van der Waals surface area contributed by atoms with Gasteiger partial charge in [0.15, 0.2) is 0 Å². The van der Waals surface area contributed by atoms with Gasteiger partial charge in [0.2, 0.25) is 5.92 Å². The summed E-state index contributed by atoms with van der Waals surface area (Å²) in [6.07, 6.45) is 4.64. The predicted molar refractivity (Wildman–Crippen MR) is 68.0 cm³/mol. The highest BCUT2D eigenvalue weighted by Gasteiger charge is 2.42. The molecular formula is C14H25F2NO. The van der Waals surface area contributed by atoms with E-state index >= 15 is 0 Å². The number of rotatable bonds is 4. The maximum absolute atomic E-state index is 13.4. The largest absolute Gasteiger partial charge is 0.374 e. The van der Waals surface area contributed by atoms with Crippen molar-refractivity contribution in [1.29, 1.82) is 0 Å². The SMILES string of the molecule is CNC(CC1CCCC(F)(F)C1)C1(C)CCCO1. The van der Waals surface area contributed by atoms with Crippen LogP contribution >= 0.6 is 0 Å². The van der Waals surface area contributed by atoms with Crippen LogP contribution in [0.15, 0.2) is 0 Å². The summed E-state index contributed by atoms with van der Waals surface area (Å²) in [5.74, 6) is -2.31. The smallest absolute Gasteiger partial charge is 0.248 e. The van der Waals surface area contributed by atoms with Gasteiger partial charge in [0.05, 0.1) is 5.60 Å². The Bertz CT molecular complexity index is 277. The van der Waals surface area contributed by atoms with Crippen molar-refractivity contribution in [2.75, 3.05) is 13.7 Å². The normalized spacial score (nSPS) is 37.7. The third-order valence-electron chi connectivity index (χ3n) is 4.65. The molecule has 1 heterocycles. The van der Waals surface area contributed by atoms with Crippen LogP contribution in [0.4, 0.5) is 8.78 Å². The zero-order valence-electron chi connectivity index (χ0n) is 11.5. The van der Waals surface area contributed by atoms with Gasteiger partial charge in [-0.05, 0) is 52.0 Å². The zero-order chi connectivity index (χ0) is 13.2. The van der Waals surface area contributed by atoms with Crippen LogP contribution in [0.1, 0.15) is 51.9 Å². The van der Waals surface area contributed by atoms with Crippen molar-refractivity contribution in [2.24, 2.45) is 5.92 Å². The van der Waals surface area contributed by atoms with Crippen molar-refractivity contribution in [1.82, 2.24) is 5.32 Å². The van der Waals surface area contributed by atoms with E-state index in [1.807, 2.05) is 7.05 Å². The molecule has 2 aliphatic rings. The summed E-state index contributed by atoms with van der Waals surface area (Å²) < 4.78 is 32.7. The summed E-state index contributed by atoms with van der Waals surface area (Å²) in [6, 6.07) is 0.193. The molecule has 0 radical (unpaired) electrons. The summed E-state index contributed by atoms with van der Waals surface area (Å²) in [5.41, 5.74) is -0.165. The average molecular weight is 261 g/mol. The van der Waals surface area contributed by atoms with Crippen molar-refractivity contribution in [3.63, 3.8) is 0 Å². The Morgan fingerprint density at radius 3 is 2.67 bits per heavy atom. The van der Waals surface area contributed by atoms with Crippen molar-refractivity contribution < 1.29 is 13.5 Å². The lowest BCUT2D eigenvalue weighted by molar-refractivity contribution is -0.0645. The number of nitrogens with one attached hydrogen (secondary N) is 1. The molecular weight excluding hydrogens is 236 g/mol. The van der Waals surface area contributed by atoms with E-state index in [2.05, 4.69) is 12.2 Å². The zero-order valence-corrected chi connectivity index (χ0v) is 11.5. The number of halogens is 2. The van der Waals surface area contributed by atoms with E-state index < -0.39 is 5.92 Å². The second kappa shape index (κ2) is 5.41. The van der Waals surface area contributed by atoms with Gasteiger partial charge in [0, 0.05) is 25.5 Å². The molecule has 3 unspecified atom stereocenters. The minimum Gasteiger partial charge on any atom is -0.374 e. The average Bonchev–Trinajstić information content (AvgIpc) is 2.73. The number of alkyl halides is 2. The molecule has 4 heteroatoms. The first-order valence-electron chi connectivity index (χ1n) is 7.14. The van der Waals surface area contributed by atoms with Gasteiger partial charge in [0.25, 0.3) is 0 Å². The highest BCUT2D eigenvalue weighted by Crippen LogP contribution is 2.40. The Balaban J connectivity index is 1.93. The van der Waals surface area contributed by atoms with Gasteiger partial charge in [-0.1, -0.05) is 0 Å². The quantitative estimate of drug-likeness (QED) is 0.838. The number of likely N-dealkylation sites (N-methyl/N-ethyl adjacent to an activating group) is 1. The lowest BCUT2D eigenvalue weighted by atomic mass is 9.78. The molecule has 3 atom stereocenters. The molecule has 1 saturated heterocycles. The molecule has 106 valence electrons. The first kappa shape index (κ1) is 14.2. The molecule has 0 spiro atoms. The molecule has 0 bridgehead atoms. The molecule has 0 aromatic rings. The Labute approximate surface area is 108 Å². The van der Waals surface area contributed by atoms with Crippen molar-refractivity contribution in [2.45, 2.75) is 69.4 Å². The van der Waals surface area contributed by atoms with Gasteiger partial charge in [-0.3, -0.25) is 0 Å². The van der Waals surface area contributed by atoms with Crippen LogP contribution in [0, 0.1) is 5.92 Å². The minimum absolute atomic E-state index is 0.0568. The standard InChI is InChI=1S/C14H25F2NO/c1-13(6-4-8-18-13)12(17-2)9-11-5-3-7-14(15,16)10-11/h11-12,17H,3-10H2,1-2H3. The van der Waals surface area contributed by atoms with Crippen molar-refractivity contribution >= 4 is 0 Å². The molecule has 0 aromatic carbocycles. The maximum atomic E-state index is 13.4. The van der Waals surface area contributed by atoms with Crippen molar-refractivity contribution in [3.05, 3.63) is 0 Å². The van der Waals surface area contributed by atoms with E-state index in [1.54, 1.807) is 0 Å². The Morgan fingerprint density at radius 1 is 1.33 bits per heavy atom. The van der Waals surface area contributed by atoms with Gasteiger partial charge in [-0.25, -0.2) is 8.78 Å². The number of hydrogen-bond donors (Lipinski definition) is 1. The highest BCUT2D eigenvalue weighted by atomic mass is 19.3. The second-order valence-corrected chi connectivity index (χ2v) is 6.16. The summed E-state index contributed by atoms with van der Waals surface area (Å²) >= 11 is 0. The number of hydrogen-bond acceptors (Lipinski definition) is 2. The van der Waals surface area contributed by atoms with Crippen LogP contribution in [-0.4, -0.2) is 31.2 Å². The lowest BCUT2D eigenvalue weighted by Crippen LogP contribution is -2.48. The first-order chi connectivity index (χ1) is 8.45. The maximum Gasteiger partial charge on any atom is 0.248 e. The molecule has 2 nitrogen and oxygen atoms in total. The van der Waals surface area contributed by atoms with Gasteiger partial charge < -0.3 is 10.1 Å². The highest BCUT2D eigenvalue weighted by molar-refractivity contribution is 4.94. The summed E-state index contributed by atoms with van der Waals surface area (Å²) in [5, 5.41) is 3.29. The molecule has 2 fully saturated rings. The van der Waals surface area contributed by atoms with Crippen LogP contribution in [0.25, 0.3) is 0 Å². The van der Waals surface area contributed by atoms with E-state index in [4.69, 9.17) is 4.74 Å². The van der Waals surface area contributed by atoms with Crippen LogP contribution in [0.5, 0.6) is 0 Å². The molecule has 2 rings (SSSR count). The second-order valence-electron chi connectivity index (χ2n) is 6.16. The van der Waals surface area contributed by atoms with Gasteiger partial charge in [-0.2, -0.15) is 0 Å². The molecule has 18 heavy (non-hydrogen) atoms. The van der Waals surface area contributed by atoms with Gasteiger partial charge in [-0.15, -0.1) is 0 Å². The molecule has 1 aliphatic carbocycles. The van der Waals surface area contributed by atoms with Gasteiger partial charge in [0.1, 0.15) is 0 Å². The van der Waals surface area contributed by atoms with E-state index in [0.717, 1.165) is 32.3 Å². The fourth-order valence-corrected chi connectivity index (χ4v) is 3.56. The molecule has 0 amide bonds. The minimum atomic E-state index is -2.45. The van der Waals surface area contributed by atoms with E-state index in [9.17, 15) is 8.78 Å². The number of ether oxygens (including phenoxy) is 1. The van der Waals surface area contributed by atoms with Crippen molar-refractivity contribution in [3.8, 4) is 0 Å². The fourth-order valence-electron chi connectivity index (χ4n) is 3.56. The lowest BCUT2D eigenvalue weighted by Gasteiger charge is -2.37. The molecule has 0 aromatic heterocycles. The van der Waals surface area contributed by atoms with Crippen LogP contribution in [0.3, 0.4) is 0 Å². The molecule has 1 N–H and O–H groups in total. The van der Waals surface area contributed by atoms with E-state index in [0.29, 0.717) is 6.42 Å². The fraction of sp³-hybridized carbons (Fsp3) is 1.00. The first-order valence-corrected chi connectivity index (χ1v) is 7.14. The van der Waals surface area contributed by atoms with E-state index in [-0.39, 0.29) is 30.4 Å². The Kier molecular flexibility index (Phi) is 4.27. The van der Waals surface area contributed by atoms with E-state index in [1.165, 1.54) is 0 Å². The summed E-state index contributed by atoms with van der Waals surface area (Å²) in [6.45, 7) is 2.91. The third kappa shape index (κ3) is 3.21. The topological polar surface area (TPSA) is 21.3 Å². The van der Waals surface area contributed by atoms with Crippen LogP contribution in [0.2, 0.25) is 0 Å². The van der Waals surface area contributed by atoms with Gasteiger partial charge >= 0.3 is 0 Å².